The lowest BCUT2D eigenvalue weighted by atomic mass is 10.0. The molecule has 1 heterocycles. The Morgan fingerprint density at radius 3 is 1.17 bits per heavy atom. The highest BCUT2D eigenvalue weighted by Gasteiger charge is 2.39. The lowest BCUT2D eigenvalue weighted by molar-refractivity contribution is -0.193. The van der Waals surface area contributed by atoms with E-state index >= 15 is 0 Å². The molecule has 1 aliphatic rings. The third kappa shape index (κ3) is 24.7. The minimum Gasteiger partial charge on any atom is -0.508 e. The van der Waals surface area contributed by atoms with Crippen LogP contribution in [0.25, 0.3) is 0 Å². The molecule has 6 atom stereocenters. The molecule has 4 aromatic carbocycles. The molecular formula is C53H64F6N10O13. The van der Waals surface area contributed by atoms with Crippen molar-refractivity contribution in [1.82, 2.24) is 41.7 Å². The minimum absolute atomic E-state index is 0.0752. The number of carbonyl (C=O) groups excluding carboxylic acids is 7. The Kier molecular flexibility index (Phi) is 26.7. The molecule has 0 saturated carbocycles. The van der Waals surface area contributed by atoms with Gasteiger partial charge < -0.3 is 68.3 Å². The van der Waals surface area contributed by atoms with E-state index in [-0.39, 0.29) is 62.8 Å². The maximum atomic E-state index is 14.1. The molecule has 0 aliphatic carbocycles. The number of carboxylic acids is 2. The minimum atomic E-state index is -5.08. The number of amides is 7. The van der Waals surface area contributed by atoms with E-state index in [0.29, 0.717) is 12.0 Å². The van der Waals surface area contributed by atoms with Gasteiger partial charge in [-0.1, -0.05) is 84.9 Å². The maximum absolute atomic E-state index is 14.1. The smallest absolute Gasteiger partial charge is 0.490 e. The molecule has 82 heavy (non-hydrogen) atoms. The molecule has 1 fully saturated rings. The number of nitrogens with two attached hydrogens (primary N) is 2. The monoisotopic (exact) mass is 1160 g/mol. The zero-order valence-electron chi connectivity index (χ0n) is 44.2. The highest BCUT2D eigenvalue weighted by atomic mass is 19.4. The van der Waals surface area contributed by atoms with E-state index in [9.17, 15) is 70.1 Å². The number of halogens is 6. The average molecular weight is 1160 g/mol. The van der Waals surface area contributed by atoms with Gasteiger partial charge in [0.25, 0.3) is 0 Å². The number of phenolic OH excluding ortho intramolecular Hbond substituents is 2. The van der Waals surface area contributed by atoms with E-state index in [1.165, 1.54) is 19.1 Å². The van der Waals surface area contributed by atoms with Gasteiger partial charge in [0.05, 0.1) is 31.3 Å². The first kappa shape index (κ1) is 67.4. The highest BCUT2D eigenvalue weighted by Crippen LogP contribution is 2.16. The van der Waals surface area contributed by atoms with Crippen molar-refractivity contribution in [2.24, 2.45) is 11.5 Å². The number of aromatic hydroxyl groups is 2. The molecule has 0 spiro atoms. The summed E-state index contributed by atoms with van der Waals surface area (Å²) in [5.74, 6) is -8.99. The van der Waals surface area contributed by atoms with Crippen molar-refractivity contribution in [3.8, 4) is 11.5 Å². The number of carbonyl (C=O) groups is 9. The lowest BCUT2D eigenvalue weighted by Gasteiger charge is -2.38. The van der Waals surface area contributed by atoms with Crippen LogP contribution in [0.15, 0.2) is 109 Å². The Balaban J connectivity index is 0.00000111. The Labute approximate surface area is 465 Å². The van der Waals surface area contributed by atoms with Crippen LogP contribution in [0.2, 0.25) is 0 Å². The van der Waals surface area contributed by atoms with Crippen LogP contribution in [0.3, 0.4) is 0 Å². The molecular weight excluding hydrogens is 1100 g/mol. The van der Waals surface area contributed by atoms with Gasteiger partial charge in [0, 0.05) is 45.4 Å². The zero-order valence-corrected chi connectivity index (χ0v) is 44.2. The van der Waals surface area contributed by atoms with E-state index in [4.69, 9.17) is 31.3 Å². The summed E-state index contributed by atoms with van der Waals surface area (Å²) in [6.45, 7) is 2.73. The number of hydrogen-bond acceptors (Lipinski definition) is 14. The van der Waals surface area contributed by atoms with Crippen LogP contribution in [0.4, 0.5) is 26.3 Å². The first-order valence-electron chi connectivity index (χ1n) is 25.0. The van der Waals surface area contributed by atoms with Gasteiger partial charge in [-0.05, 0) is 66.8 Å². The normalized spacial score (nSPS) is 14.4. The van der Waals surface area contributed by atoms with Crippen LogP contribution in [0, 0.1) is 0 Å². The molecule has 5 rings (SSSR count). The number of benzene rings is 4. The molecule has 0 radical (unpaired) electrons. The van der Waals surface area contributed by atoms with Crippen molar-refractivity contribution in [2.45, 2.75) is 88.3 Å². The number of piperazine rings is 1. The second kappa shape index (κ2) is 32.4. The quantitative estimate of drug-likeness (QED) is 0.0379. The standard InChI is InChI=1S/C49H62N10O9.2C2HF3O2/c1-31(54-42(51)28-36-15-19-38(61)20-16-36)45(64)52-29-43(62)56-40(26-33-9-5-3-6-10-33)48(67)58-21-23-59(24-22-58)49(68)41(27-34-11-7-4-8-12-34)57-44(63)30-53-46(65)32(2)55-47(66)39(50)25-35-13-17-37(60)18-14-35;2*3-2(4,5)1(6)7/h3-20,31-32,39-42,54,60-61H,21-30,50-51H2,1-2H3,(H,52,64)(H,53,65)(H,55,66)(H,56,62)(H,57,63);2*(H,6,7)/t31-,32+,39-,40+,41-,42+;;/m0../s1. The van der Waals surface area contributed by atoms with Crippen LogP contribution in [0.1, 0.15) is 36.1 Å². The number of phenols is 2. The fraction of sp³-hybridized carbons (Fsp3) is 0.377. The summed E-state index contributed by atoms with van der Waals surface area (Å²) in [4.78, 5) is 114. The van der Waals surface area contributed by atoms with E-state index in [2.05, 4.69) is 31.9 Å². The Bertz CT molecular complexity index is 2730. The highest BCUT2D eigenvalue weighted by molar-refractivity contribution is 5.94. The number of nitrogens with zero attached hydrogens (tertiary/aromatic N) is 2. The molecule has 4 aromatic rings. The molecule has 1 aliphatic heterocycles. The molecule has 14 N–H and O–H groups in total. The largest absolute Gasteiger partial charge is 0.508 e. The Morgan fingerprint density at radius 1 is 0.488 bits per heavy atom. The average Bonchev–Trinajstić information content (AvgIpc) is 3.44. The molecule has 7 amide bonds. The molecule has 29 heteroatoms. The number of aliphatic carboxylic acids is 2. The van der Waals surface area contributed by atoms with Crippen molar-refractivity contribution in [3.63, 3.8) is 0 Å². The summed E-state index contributed by atoms with van der Waals surface area (Å²) in [5, 5.41) is 49.4. The fourth-order valence-electron chi connectivity index (χ4n) is 7.53. The third-order valence-corrected chi connectivity index (χ3v) is 11.8. The van der Waals surface area contributed by atoms with Crippen molar-refractivity contribution < 1.29 is 89.9 Å². The fourth-order valence-corrected chi connectivity index (χ4v) is 7.53. The number of carboxylic acid groups (broad SMARTS) is 2. The predicted octanol–water partition coefficient (Wildman–Crippen LogP) is 0.603. The summed E-state index contributed by atoms with van der Waals surface area (Å²) in [6.07, 6.45) is -9.87. The molecule has 1 saturated heterocycles. The van der Waals surface area contributed by atoms with Gasteiger partial charge >= 0.3 is 24.3 Å². The molecule has 446 valence electrons. The van der Waals surface area contributed by atoms with E-state index in [1.54, 1.807) is 53.1 Å². The van der Waals surface area contributed by atoms with Crippen molar-refractivity contribution in [2.75, 3.05) is 39.3 Å². The number of hydrogen-bond donors (Lipinski definition) is 12. The van der Waals surface area contributed by atoms with Gasteiger partial charge in [-0.25, -0.2) is 9.59 Å². The van der Waals surface area contributed by atoms with Crippen LogP contribution in [0.5, 0.6) is 11.5 Å². The van der Waals surface area contributed by atoms with Gasteiger partial charge in [-0.2, -0.15) is 26.3 Å². The van der Waals surface area contributed by atoms with Crippen molar-refractivity contribution >= 4 is 53.3 Å². The van der Waals surface area contributed by atoms with Crippen LogP contribution in [-0.2, 0) is 68.8 Å². The SMILES string of the molecule is C[C@H](N[C@@H](N)Cc1ccc(O)cc1)C(=O)NCC(=O)N[C@H](Cc1ccccc1)C(=O)N1CCN(C(=O)[C@H](Cc2ccccc2)NC(=O)CNC(=O)[C@@H](C)NC(=O)[C@@H](N)Cc2ccc(O)cc2)CC1.O=C(O)C(F)(F)F.O=C(O)C(F)(F)F. The van der Waals surface area contributed by atoms with E-state index < -0.39 is 109 Å². The summed E-state index contributed by atoms with van der Waals surface area (Å²) < 4.78 is 63.5. The van der Waals surface area contributed by atoms with Gasteiger partial charge in [0.1, 0.15) is 29.6 Å². The topological polar surface area (TPSA) is 365 Å². The van der Waals surface area contributed by atoms with Gasteiger partial charge in [-0.15, -0.1) is 0 Å². The van der Waals surface area contributed by atoms with Crippen molar-refractivity contribution in [1.29, 1.82) is 0 Å². The second-order valence-electron chi connectivity index (χ2n) is 18.4. The first-order chi connectivity index (χ1) is 38.4. The summed E-state index contributed by atoms with van der Waals surface area (Å²) in [6, 6.07) is 26.3. The van der Waals surface area contributed by atoms with Gasteiger partial charge in [0.15, 0.2) is 0 Å². The second-order valence-corrected chi connectivity index (χ2v) is 18.4. The Morgan fingerprint density at radius 2 is 0.817 bits per heavy atom. The molecule has 0 unspecified atom stereocenters. The summed E-state index contributed by atoms with van der Waals surface area (Å²) in [5.41, 5.74) is 15.4. The molecule has 0 aromatic heterocycles. The number of rotatable bonds is 22. The summed E-state index contributed by atoms with van der Waals surface area (Å²) >= 11 is 0. The molecule has 0 bridgehead atoms. The summed E-state index contributed by atoms with van der Waals surface area (Å²) in [7, 11) is 0. The third-order valence-electron chi connectivity index (χ3n) is 11.8. The Hall–Kier alpha value is -8.83. The maximum Gasteiger partial charge on any atom is 0.490 e. The van der Waals surface area contributed by atoms with Crippen molar-refractivity contribution in [3.05, 3.63) is 131 Å². The van der Waals surface area contributed by atoms with E-state index in [1.807, 2.05) is 60.7 Å². The number of alkyl halides is 6. The van der Waals surface area contributed by atoms with Gasteiger partial charge in [-0.3, -0.25) is 38.9 Å². The van der Waals surface area contributed by atoms with Crippen LogP contribution >= 0.6 is 0 Å². The van der Waals surface area contributed by atoms with Gasteiger partial charge in [0.2, 0.25) is 41.4 Å². The lowest BCUT2D eigenvalue weighted by Crippen LogP contribution is -2.60. The van der Waals surface area contributed by atoms with Crippen LogP contribution < -0.4 is 43.4 Å². The molecule has 23 nitrogen and oxygen atoms in total. The van der Waals surface area contributed by atoms with E-state index in [0.717, 1.165) is 16.7 Å². The first-order valence-corrected chi connectivity index (χ1v) is 25.0. The predicted molar refractivity (Wildman–Crippen MR) is 280 cm³/mol. The number of nitrogens with one attached hydrogen (secondary N) is 6. The zero-order chi connectivity index (χ0) is 61.3. The van der Waals surface area contributed by atoms with Crippen LogP contribution in [-0.4, -0.2) is 172 Å².